The van der Waals surface area contributed by atoms with E-state index in [1.807, 2.05) is 11.4 Å². The Balaban J connectivity index is 2.13. The van der Waals surface area contributed by atoms with Gasteiger partial charge in [-0.1, -0.05) is 11.6 Å². The summed E-state index contributed by atoms with van der Waals surface area (Å²) in [6, 6.07) is 6.61. The van der Waals surface area contributed by atoms with Crippen molar-refractivity contribution < 1.29 is 9.90 Å². The van der Waals surface area contributed by atoms with E-state index in [0.29, 0.717) is 17.3 Å². The molecule has 6 heteroatoms. The van der Waals surface area contributed by atoms with Crippen LogP contribution in [0.5, 0.6) is 0 Å². The number of aromatic carboxylic acids is 1. The van der Waals surface area contributed by atoms with E-state index in [1.165, 1.54) is 12.1 Å². The number of hydrogen-bond acceptors (Lipinski definition) is 3. The number of carboxylic acid groups (broad SMARTS) is 1. The summed E-state index contributed by atoms with van der Waals surface area (Å²) in [7, 11) is 0. The van der Waals surface area contributed by atoms with Gasteiger partial charge < -0.3 is 10.4 Å². The molecule has 0 saturated carbocycles. The Morgan fingerprint density at radius 1 is 1.44 bits per heavy atom. The number of rotatable bonds is 4. The van der Waals surface area contributed by atoms with Crippen molar-refractivity contribution in [3.05, 3.63) is 49.6 Å². The highest BCUT2D eigenvalue weighted by molar-refractivity contribution is 9.10. The molecule has 0 unspecified atom stereocenters. The fraction of sp³-hybridized carbons (Fsp3) is 0.0833. The smallest absolute Gasteiger partial charge is 0.335 e. The number of anilines is 1. The van der Waals surface area contributed by atoms with Gasteiger partial charge in [0.2, 0.25) is 0 Å². The maximum atomic E-state index is 10.9. The number of carboxylic acids is 1. The number of carbonyl (C=O) groups is 1. The Kier molecular flexibility index (Phi) is 4.27. The lowest BCUT2D eigenvalue weighted by Crippen LogP contribution is -2.01. The van der Waals surface area contributed by atoms with E-state index in [4.69, 9.17) is 16.7 Å². The third-order valence-electron chi connectivity index (χ3n) is 2.29. The number of hydrogen-bond donors (Lipinski definition) is 2. The molecule has 1 aromatic heterocycles. The molecule has 1 aromatic carbocycles. The molecule has 3 nitrogen and oxygen atoms in total. The molecule has 0 aliphatic rings. The number of thiophene rings is 1. The predicted molar refractivity (Wildman–Crippen MR) is 77.8 cm³/mol. The zero-order valence-corrected chi connectivity index (χ0v) is 12.3. The van der Waals surface area contributed by atoms with Gasteiger partial charge in [-0.2, -0.15) is 0 Å². The fourth-order valence-electron chi connectivity index (χ4n) is 1.42. The lowest BCUT2D eigenvalue weighted by atomic mass is 10.2. The van der Waals surface area contributed by atoms with Crippen LogP contribution in [-0.4, -0.2) is 11.1 Å². The van der Waals surface area contributed by atoms with Crippen molar-refractivity contribution in [2.24, 2.45) is 0 Å². The second-order valence-electron chi connectivity index (χ2n) is 3.58. The van der Waals surface area contributed by atoms with E-state index in [0.717, 1.165) is 9.35 Å². The maximum Gasteiger partial charge on any atom is 0.335 e. The number of halogens is 2. The van der Waals surface area contributed by atoms with Gasteiger partial charge in [-0.15, -0.1) is 11.3 Å². The minimum Gasteiger partial charge on any atom is -0.478 e. The van der Waals surface area contributed by atoms with Gasteiger partial charge in [0.05, 0.1) is 16.3 Å². The van der Waals surface area contributed by atoms with Gasteiger partial charge in [0.1, 0.15) is 0 Å². The average molecular weight is 347 g/mol. The van der Waals surface area contributed by atoms with E-state index < -0.39 is 5.97 Å². The summed E-state index contributed by atoms with van der Waals surface area (Å²) in [6.45, 7) is 0.610. The van der Waals surface area contributed by atoms with E-state index in [2.05, 4.69) is 21.2 Å². The monoisotopic (exact) mass is 345 g/mol. The van der Waals surface area contributed by atoms with Gasteiger partial charge in [0.25, 0.3) is 0 Å². The third kappa shape index (κ3) is 3.25. The molecular weight excluding hydrogens is 338 g/mol. The lowest BCUT2D eigenvalue weighted by molar-refractivity contribution is 0.0697. The van der Waals surface area contributed by atoms with E-state index in [9.17, 15) is 4.79 Å². The molecule has 0 amide bonds. The van der Waals surface area contributed by atoms with E-state index in [-0.39, 0.29) is 5.56 Å². The highest BCUT2D eigenvalue weighted by Gasteiger charge is 2.07. The summed E-state index contributed by atoms with van der Waals surface area (Å²) in [5.74, 6) is -0.964. The molecular formula is C12H9BrClNO2S. The normalized spacial score (nSPS) is 10.3. The minimum atomic E-state index is -0.964. The van der Waals surface area contributed by atoms with Crippen LogP contribution in [0.15, 0.2) is 34.1 Å². The molecule has 2 aromatic rings. The molecule has 1 heterocycles. The number of nitrogens with one attached hydrogen (secondary N) is 1. The van der Waals surface area contributed by atoms with Gasteiger partial charge in [-0.05, 0) is 40.2 Å². The van der Waals surface area contributed by atoms with Crippen LogP contribution < -0.4 is 5.32 Å². The molecule has 0 spiro atoms. The Bertz CT molecular complexity index is 585. The summed E-state index contributed by atoms with van der Waals surface area (Å²) in [4.78, 5) is 12.0. The van der Waals surface area contributed by atoms with Crippen molar-refractivity contribution in [2.45, 2.75) is 6.54 Å². The van der Waals surface area contributed by atoms with Crippen molar-refractivity contribution in [1.29, 1.82) is 0 Å². The summed E-state index contributed by atoms with van der Waals surface area (Å²) in [6.07, 6.45) is 0. The van der Waals surface area contributed by atoms with Crippen LogP contribution >= 0.6 is 38.9 Å². The standard InChI is InChI=1S/C12H9BrClNO2S/c13-8-4-9(18-6-8)5-15-11-3-7(12(16)17)1-2-10(11)14/h1-4,6,15H,5H2,(H,16,17). The minimum absolute atomic E-state index is 0.217. The zero-order valence-electron chi connectivity index (χ0n) is 9.11. The molecule has 2 N–H and O–H groups in total. The Morgan fingerprint density at radius 3 is 2.83 bits per heavy atom. The first kappa shape index (κ1) is 13.4. The summed E-state index contributed by atoms with van der Waals surface area (Å²) in [5.41, 5.74) is 0.843. The van der Waals surface area contributed by atoms with Gasteiger partial charge >= 0.3 is 5.97 Å². The molecule has 0 aliphatic carbocycles. The van der Waals surface area contributed by atoms with Gasteiger partial charge in [0.15, 0.2) is 0 Å². The molecule has 0 atom stereocenters. The molecule has 18 heavy (non-hydrogen) atoms. The lowest BCUT2D eigenvalue weighted by Gasteiger charge is -2.08. The highest BCUT2D eigenvalue weighted by atomic mass is 79.9. The van der Waals surface area contributed by atoms with Crippen molar-refractivity contribution >= 4 is 50.5 Å². The van der Waals surface area contributed by atoms with Crippen LogP contribution in [0.4, 0.5) is 5.69 Å². The first-order chi connectivity index (χ1) is 8.56. The van der Waals surface area contributed by atoms with Crippen molar-refractivity contribution in [3.8, 4) is 0 Å². The molecule has 94 valence electrons. The third-order valence-corrected chi connectivity index (χ3v) is 4.32. The largest absolute Gasteiger partial charge is 0.478 e. The Labute approximate surface area is 122 Å². The Hall–Kier alpha value is -1.04. The molecule has 0 saturated heterocycles. The molecule has 0 aliphatic heterocycles. The van der Waals surface area contributed by atoms with Gasteiger partial charge in [-0.3, -0.25) is 0 Å². The van der Waals surface area contributed by atoms with Crippen molar-refractivity contribution in [2.75, 3.05) is 5.32 Å². The average Bonchev–Trinajstić information content (AvgIpc) is 2.74. The van der Waals surface area contributed by atoms with Crippen LogP contribution in [0.2, 0.25) is 5.02 Å². The fourth-order valence-corrected chi connectivity index (χ4v) is 3.00. The topological polar surface area (TPSA) is 49.3 Å². The SMILES string of the molecule is O=C(O)c1ccc(Cl)c(NCc2cc(Br)cs2)c1. The van der Waals surface area contributed by atoms with Crippen LogP contribution in [0.25, 0.3) is 0 Å². The first-order valence-corrected chi connectivity index (χ1v) is 7.11. The van der Waals surface area contributed by atoms with Crippen LogP contribution in [0.1, 0.15) is 15.2 Å². The number of benzene rings is 1. The maximum absolute atomic E-state index is 10.9. The second-order valence-corrected chi connectivity index (χ2v) is 5.90. The molecule has 0 fully saturated rings. The van der Waals surface area contributed by atoms with Crippen LogP contribution in [0.3, 0.4) is 0 Å². The van der Waals surface area contributed by atoms with Gasteiger partial charge in [0, 0.05) is 21.3 Å². The first-order valence-electron chi connectivity index (χ1n) is 5.06. The van der Waals surface area contributed by atoms with E-state index in [1.54, 1.807) is 17.4 Å². The molecule has 0 bridgehead atoms. The summed E-state index contributed by atoms with van der Waals surface area (Å²) in [5, 5.41) is 14.5. The highest BCUT2D eigenvalue weighted by Crippen LogP contribution is 2.25. The van der Waals surface area contributed by atoms with Crippen LogP contribution in [0, 0.1) is 0 Å². The predicted octanol–water partition coefficient (Wildman–Crippen LogP) is 4.47. The zero-order chi connectivity index (χ0) is 13.1. The Morgan fingerprint density at radius 2 is 2.22 bits per heavy atom. The summed E-state index contributed by atoms with van der Waals surface area (Å²) < 4.78 is 1.04. The van der Waals surface area contributed by atoms with Crippen molar-refractivity contribution in [3.63, 3.8) is 0 Å². The quantitative estimate of drug-likeness (QED) is 0.858. The molecule has 0 radical (unpaired) electrons. The van der Waals surface area contributed by atoms with Crippen LogP contribution in [-0.2, 0) is 6.54 Å². The van der Waals surface area contributed by atoms with E-state index >= 15 is 0 Å². The van der Waals surface area contributed by atoms with Crippen molar-refractivity contribution in [1.82, 2.24) is 0 Å². The summed E-state index contributed by atoms with van der Waals surface area (Å²) >= 11 is 11.0. The van der Waals surface area contributed by atoms with Gasteiger partial charge in [-0.25, -0.2) is 4.79 Å². The second kappa shape index (κ2) is 5.73. The molecule has 2 rings (SSSR count).